The molecule has 0 spiro atoms. The molecule has 1 aromatic carbocycles. The molecule has 1 saturated heterocycles. The fourth-order valence-corrected chi connectivity index (χ4v) is 3.75. The van der Waals surface area contributed by atoms with Gasteiger partial charge in [-0.25, -0.2) is 19.9 Å². The van der Waals surface area contributed by atoms with E-state index in [1.807, 2.05) is 37.3 Å². The van der Waals surface area contributed by atoms with Gasteiger partial charge in [0, 0.05) is 30.3 Å². The summed E-state index contributed by atoms with van der Waals surface area (Å²) in [6.45, 7) is 6.43. The van der Waals surface area contributed by atoms with E-state index in [1.54, 1.807) is 10.9 Å². The lowest BCUT2D eigenvalue weighted by Gasteiger charge is -2.33. The fourth-order valence-electron chi connectivity index (χ4n) is 3.75. The first-order valence-corrected chi connectivity index (χ1v) is 9.35. The van der Waals surface area contributed by atoms with Crippen LogP contribution in [0.4, 0.5) is 5.82 Å². The Hall–Kier alpha value is -2.96. The summed E-state index contributed by atoms with van der Waals surface area (Å²) < 4.78 is 1.77. The third-order valence-electron chi connectivity index (χ3n) is 5.44. The molecule has 27 heavy (non-hydrogen) atoms. The molecule has 0 unspecified atom stereocenters. The van der Waals surface area contributed by atoms with Crippen molar-refractivity contribution in [2.75, 3.05) is 18.0 Å². The number of nitrogens with one attached hydrogen (secondary N) is 1. The van der Waals surface area contributed by atoms with Crippen LogP contribution in [-0.2, 0) is 6.54 Å². The third-order valence-corrected chi connectivity index (χ3v) is 5.44. The molecule has 0 bridgehead atoms. The van der Waals surface area contributed by atoms with Gasteiger partial charge in [0.1, 0.15) is 18.0 Å². The van der Waals surface area contributed by atoms with Gasteiger partial charge in [0.15, 0.2) is 0 Å². The number of anilines is 1. The molecule has 1 aliphatic rings. The van der Waals surface area contributed by atoms with Gasteiger partial charge in [-0.3, -0.25) is 4.57 Å². The Balaban J connectivity index is 1.50. The van der Waals surface area contributed by atoms with Gasteiger partial charge in [-0.15, -0.1) is 0 Å². The first kappa shape index (κ1) is 17.5. The number of aromatic nitrogens is 5. The Morgan fingerprint density at radius 1 is 1.11 bits per heavy atom. The van der Waals surface area contributed by atoms with Crippen molar-refractivity contribution in [2.24, 2.45) is 0 Å². The molecule has 0 saturated carbocycles. The van der Waals surface area contributed by atoms with Crippen LogP contribution in [0.25, 0.3) is 0 Å². The molecule has 1 fully saturated rings. The van der Waals surface area contributed by atoms with Crippen LogP contribution in [0.3, 0.4) is 0 Å². The molecule has 2 aromatic heterocycles. The largest absolute Gasteiger partial charge is 0.356 e. The molecular formula is C20H24N6O. The minimum atomic E-state index is -0.140. The number of rotatable bonds is 4. The predicted octanol–water partition coefficient (Wildman–Crippen LogP) is 2.41. The molecule has 0 atom stereocenters. The van der Waals surface area contributed by atoms with Crippen molar-refractivity contribution >= 4 is 5.82 Å². The molecule has 4 rings (SSSR count). The smallest absolute Gasteiger partial charge is 0.343 e. The summed E-state index contributed by atoms with van der Waals surface area (Å²) in [6, 6.07) is 10.0. The number of benzene rings is 1. The van der Waals surface area contributed by atoms with E-state index in [4.69, 9.17) is 0 Å². The van der Waals surface area contributed by atoms with Gasteiger partial charge in [-0.2, -0.15) is 5.10 Å². The summed E-state index contributed by atoms with van der Waals surface area (Å²) in [4.78, 5) is 23.3. The molecule has 0 aliphatic carbocycles. The Bertz CT molecular complexity index is 970. The molecule has 3 aromatic rings. The summed E-state index contributed by atoms with van der Waals surface area (Å²) >= 11 is 0. The first-order chi connectivity index (χ1) is 13.1. The SMILES string of the molecule is Cc1ncnc(N2CCC(c3n[nH]c(=O)n3Cc3ccccc3)CC2)c1C. The van der Waals surface area contributed by atoms with Crippen molar-refractivity contribution in [1.82, 2.24) is 24.7 Å². The van der Waals surface area contributed by atoms with E-state index in [2.05, 4.69) is 32.0 Å². The average Bonchev–Trinajstić information content (AvgIpc) is 3.05. The van der Waals surface area contributed by atoms with Crippen LogP contribution < -0.4 is 10.6 Å². The summed E-state index contributed by atoms with van der Waals surface area (Å²) in [5.74, 6) is 2.15. The van der Waals surface area contributed by atoms with E-state index < -0.39 is 0 Å². The summed E-state index contributed by atoms with van der Waals surface area (Å²) in [5.41, 5.74) is 3.12. The summed E-state index contributed by atoms with van der Waals surface area (Å²) in [5, 5.41) is 6.98. The second-order valence-corrected chi connectivity index (χ2v) is 7.13. The second kappa shape index (κ2) is 7.34. The van der Waals surface area contributed by atoms with Gasteiger partial charge in [-0.1, -0.05) is 30.3 Å². The number of nitrogens with zero attached hydrogens (tertiary/aromatic N) is 5. The lowest BCUT2D eigenvalue weighted by Crippen LogP contribution is -2.35. The molecule has 140 valence electrons. The van der Waals surface area contributed by atoms with Crippen molar-refractivity contribution in [2.45, 2.75) is 39.2 Å². The van der Waals surface area contributed by atoms with Crippen LogP contribution in [0.1, 0.15) is 41.4 Å². The van der Waals surface area contributed by atoms with Crippen LogP contribution in [0.15, 0.2) is 41.5 Å². The molecule has 1 N–H and O–H groups in total. The van der Waals surface area contributed by atoms with Crippen LogP contribution in [0, 0.1) is 13.8 Å². The van der Waals surface area contributed by atoms with Crippen LogP contribution in [0.5, 0.6) is 0 Å². The van der Waals surface area contributed by atoms with Gasteiger partial charge < -0.3 is 4.90 Å². The van der Waals surface area contributed by atoms with Gasteiger partial charge in [0.2, 0.25) is 0 Å². The number of aryl methyl sites for hydroxylation is 1. The minimum absolute atomic E-state index is 0.140. The first-order valence-electron chi connectivity index (χ1n) is 9.35. The monoisotopic (exact) mass is 364 g/mol. The van der Waals surface area contributed by atoms with Gasteiger partial charge in [0.25, 0.3) is 0 Å². The van der Waals surface area contributed by atoms with E-state index in [9.17, 15) is 4.79 Å². The maximum atomic E-state index is 12.3. The Morgan fingerprint density at radius 2 is 1.85 bits per heavy atom. The summed E-state index contributed by atoms with van der Waals surface area (Å²) in [6.07, 6.45) is 3.53. The Labute approximate surface area is 158 Å². The number of piperidine rings is 1. The molecule has 3 heterocycles. The number of H-pyrrole nitrogens is 1. The van der Waals surface area contributed by atoms with E-state index in [0.717, 1.165) is 54.4 Å². The zero-order chi connectivity index (χ0) is 18.8. The van der Waals surface area contributed by atoms with Crippen LogP contribution in [-0.4, -0.2) is 37.8 Å². The third kappa shape index (κ3) is 3.49. The van der Waals surface area contributed by atoms with Gasteiger partial charge in [0.05, 0.1) is 6.54 Å². The number of aromatic amines is 1. The number of hydrogen-bond acceptors (Lipinski definition) is 5. The zero-order valence-electron chi connectivity index (χ0n) is 15.7. The highest BCUT2D eigenvalue weighted by molar-refractivity contribution is 5.47. The second-order valence-electron chi connectivity index (χ2n) is 7.13. The topological polar surface area (TPSA) is 79.7 Å². The lowest BCUT2D eigenvalue weighted by molar-refractivity contribution is 0.465. The molecule has 0 amide bonds. The number of hydrogen-bond donors (Lipinski definition) is 1. The van der Waals surface area contributed by atoms with E-state index >= 15 is 0 Å². The standard InChI is InChI=1S/C20H24N6O/c1-14-15(2)21-13-22-18(14)25-10-8-17(9-11-25)19-23-24-20(27)26(19)12-16-6-4-3-5-7-16/h3-7,13,17H,8-12H2,1-2H3,(H,24,27). The zero-order valence-corrected chi connectivity index (χ0v) is 15.7. The van der Waals surface area contributed by atoms with Crippen molar-refractivity contribution in [3.05, 3.63) is 69.8 Å². The quantitative estimate of drug-likeness (QED) is 0.769. The lowest BCUT2D eigenvalue weighted by atomic mass is 9.95. The van der Waals surface area contributed by atoms with Gasteiger partial charge in [-0.05, 0) is 32.3 Å². The molecule has 7 nitrogen and oxygen atoms in total. The molecule has 7 heteroatoms. The highest BCUT2D eigenvalue weighted by Gasteiger charge is 2.27. The normalized spacial score (nSPS) is 15.3. The highest BCUT2D eigenvalue weighted by Crippen LogP contribution is 2.30. The van der Waals surface area contributed by atoms with Crippen molar-refractivity contribution < 1.29 is 0 Å². The Kier molecular flexibility index (Phi) is 4.75. The van der Waals surface area contributed by atoms with Crippen molar-refractivity contribution in [1.29, 1.82) is 0 Å². The maximum Gasteiger partial charge on any atom is 0.343 e. The Morgan fingerprint density at radius 3 is 2.59 bits per heavy atom. The van der Waals surface area contributed by atoms with E-state index in [1.165, 1.54) is 0 Å². The van der Waals surface area contributed by atoms with Crippen LogP contribution >= 0.6 is 0 Å². The molecule has 0 radical (unpaired) electrons. The van der Waals surface area contributed by atoms with Crippen LogP contribution in [0.2, 0.25) is 0 Å². The maximum absolute atomic E-state index is 12.3. The molecular weight excluding hydrogens is 340 g/mol. The molecule has 1 aliphatic heterocycles. The van der Waals surface area contributed by atoms with Crippen molar-refractivity contribution in [3.8, 4) is 0 Å². The summed E-state index contributed by atoms with van der Waals surface area (Å²) in [7, 11) is 0. The van der Waals surface area contributed by atoms with E-state index in [0.29, 0.717) is 6.54 Å². The highest BCUT2D eigenvalue weighted by atomic mass is 16.1. The van der Waals surface area contributed by atoms with E-state index in [-0.39, 0.29) is 11.6 Å². The average molecular weight is 364 g/mol. The predicted molar refractivity (Wildman–Crippen MR) is 104 cm³/mol. The fraction of sp³-hybridized carbons (Fsp3) is 0.400. The van der Waals surface area contributed by atoms with Crippen molar-refractivity contribution in [3.63, 3.8) is 0 Å². The van der Waals surface area contributed by atoms with Gasteiger partial charge >= 0.3 is 5.69 Å². The minimum Gasteiger partial charge on any atom is -0.356 e.